The second-order valence-corrected chi connectivity index (χ2v) is 7.00. The van der Waals surface area contributed by atoms with Crippen LogP contribution in [0.2, 0.25) is 0 Å². The van der Waals surface area contributed by atoms with Gasteiger partial charge in [-0.1, -0.05) is 18.2 Å². The van der Waals surface area contributed by atoms with Crippen LogP contribution in [-0.4, -0.2) is 56.0 Å². The topological polar surface area (TPSA) is 44.8 Å². The minimum Gasteiger partial charge on any atom is -0.494 e. The first kappa shape index (κ1) is 20.0. The van der Waals surface area contributed by atoms with Crippen LogP contribution in [0.5, 0.6) is 5.75 Å². The van der Waals surface area contributed by atoms with E-state index in [-0.39, 0.29) is 11.7 Å². The van der Waals surface area contributed by atoms with E-state index >= 15 is 0 Å². The molecule has 1 amide bonds. The molecule has 1 aliphatic heterocycles. The predicted molar refractivity (Wildman–Crippen MR) is 110 cm³/mol. The fourth-order valence-electron chi connectivity index (χ4n) is 3.15. The average molecular weight is 383 g/mol. The maximum atomic E-state index is 13.7. The fourth-order valence-corrected chi connectivity index (χ4v) is 3.15. The molecule has 28 heavy (non-hydrogen) atoms. The molecule has 1 fully saturated rings. The number of amides is 1. The third kappa shape index (κ3) is 5.65. The molecule has 1 N–H and O–H groups in total. The van der Waals surface area contributed by atoms with Gasteiger partial charge in [0.1, 0.15) is 0 Å². The highest BCUT2D eigenvalue weighted by Crippen LogP contribution is 2.18. The van der Waals surface area contributed by atoms with E-state index in [0.717, 1.165) is 38.4 Å². The Bertz CT molecular complexity index is 845. The van der Waals surface area contributed by atoms with Gasteiger partial charge in [-0.25, -0.2) is 4.39 Å². The van der Waals surface area contributed by atoms with Crippen molar-refractivity contribution in [2.75, 3.05) is 45.7 Å². The fraction of sp³-hybridized carbons (Fsp3) is 0.318. The molecule has 1 heterocycles. The highest BCUT2D eigenvalue weighted by molar-refractivity contribution is 6.01. The van der Waals surface area contributed by atoms with Crippen molar-refractivity contribution >= 4 is 17.7 Å². The summed E-state index contributed by atoms with van der Waals surface area (Å²) in [4.78, 5) is 16.9. The lowest BCUT2D eigenvalue weighted by molar-refractivity contribution is -0.111. The number of carbonyl (C=O) groups is 1. The van der Waals surface area contributed by atoms with Crippen LogP contribution in [0.4, 0.5) is 10.1 Å². The van der Waals surface area contributed by atoms with Crippen LogP contribution < -0.4 is 10.1 Å². The SMILES string of the molecule is COc1ccc(/C=C/C(=O)Nc2cccc(CN3CCN(C)CC3)c2)cc1F. The first-order valence-corrected chi connectivity index (χ1v) is 9.36. The number of ether oxygens (including phenoxy) is 1. The molecule has 148 valence electrons. The lowest BCUT2D eigenvalue weighted by Gasteiger charge is -2.32. The Morgan fingerprint density at radius 2 is 1.96 bits per heavy atom. The van der Waals surface area contributed by atoms with E-state index in [4.69, 9.17) is 4.74 Å². The quantitative estimate of drug-likeness (QED) is 0.778. The highest BCUT2D eigenvalue weighted by atomic mass is 19.1. The molecule has 2 aromatic rings. The number of benzene rings is 2. The van der Waals surface area contributed by atoms with Crippen molar-refractivity contribution in [3.05, 3.63) is 65.5 Å². The molecule has 5 nitrogen and oxygen atoms in total. The van der Waals surface area contributed by atoms with Crippen molar-refractivity contribution in [2.45, 2.75) is 6.54 Å². The lowest BCUT2D eigenvalue weighted by Crippen LogP contribution is -2.43. The Morgan fingerprint density at radius 3 is 2.68 bits per heavy atom. The first-order chi connectivity index (χ1) is 13.5. The van der Waals surface area contributed by atoms with Crippen LogP contribution in [0.1, 0.15) is 11.1 Å². The first-order valence-electron chi connectivity index (χ1n) is 9.36. The standard InChI is InChI=1S/C22H26FN3O2/c1-25-10-12-26(13-11-25)16-18-4-3-5-19(14-18)24-22(27)9-7-17-6-8-21(28-2)20(23)15-17/h3-9,14-15H,10-13,16H2,1-2H3,(H,24,27)/b9-7+. The summed E-state index contributed by atoms with van der Waals surface area (Å²) < 4.78 is 18.6. The Balaban J connectivity index is 1.57. The van der Waals surface area contributed by atoms with E-state index in [9.17, 15) is 9.18 Å². The summed E-state index contributed by atoms with van der Waals surface area (Å²) in [5.74, 6) is -0.534. The molecular formula is C22H26FN3O2. The van der Waals surface area contributed by atoms with Gasteiger partial charge in [0.2, 0.25) is 5.91 Å². The third-order valence-corrected chi connectivity index (χ3v) is 4.80. The van der Waals surface area contributed by atoms with E-state index in [1.54, 1.807) is 12.1 Å². The molecule has 2 aromatic carbocycles. The third-order valence-electron chi connectivity index (χ3n) is 4.80. The molecule has 0 aliphatic carbocycles. The Morgan fingerprint density at radius 1 is 1.18 bits per heavy atom. The van der Waals surface area contributed by atoms with E-state index in [2.05, 4.69) is 28.2 Å². The average Bonchev–Trinajstić information content (AvgIpc) is 2.68. The number of rotatable bonds is 6. The van der Waals surface area contributed by atoms with Crippen LogP contribution in [0.15, 0.2) is 48.5 Å². The zero-order valence-corrected chi connectivity index (χ0v) is 16.3. The number of carbonyl (C=O) groups excluding carboxylic acids is 1. The van der Waals surface area contributed by atoms with E-state index < -0.39 is 5.82 Å². The summed E-state index contributed by atoms with van der Waals surface area (Å²) >= 11 is 0. The van der Waals surface area contributed by atoms with E-state index in [1.165, 1.54) is 30.9 Å². The normalized spacial score (nSPS) is 15.7. The van der Waals surface area contributed by atoms with Gasteiger partial charge in [-0.05, 0) is 48.5 Å². The van der Waals surface area contributed by atoms with Crippen LogP contribution >= 0.6 is 0 Å². The molecule has 0 spiro atoms. The van der Waals surface area contributed by atoms with Crippen LogP contribution in [0.3, 0.4) is 0 Å². The van der Waals surface area contributed by atoms with Crippen molar-refractivity contribution in [1.29, 1.82) is 0 Å². The number of piperazine rings is 1. The number of nitrogens with one attached hydrogen (secondary N) is 1. The van der Waals surface area contributed by atoms with Crippen molar-refractivity contribution in [1.82, 2.24) is 9.80 Å². The zero-order valence-electron chi connectivity index (χ0n) is 16.3. The largest absolute Gasteiger partial charge is 0.494 e. The van der Waals surface area contributed by atoms with Gasteiger partial charge >= 0.3 is 0 Å². The van der Waals surface area contributed by atoms with Gasteiger partial charge in [-0.2, -0.15) is 0 Å². The van der Waals surface area contributed by atoms with Gasteiger partial charge in [0.25, 0.3) is 0 Å². The Labute approximate surface area is 165 Å². The minimum absolute atomic E-state index is 0.179. The molecule has 0 atom stereocenters. The molecule has 1 aliphatic rings. The predicted octanol–water partition coefficient (Wildman–Crippen LogP) is 3.23. The highest BCUT2D eigenvalue weighted by Gasteiger charge is 2.14. The smallest absolute Gasteiger partial charge is 0.248 e. The van der Waals surface area contributed by atoms with E-state index in [0.29, 0.717) is 5.56 Å². The summed E-state index contributed by atoms with van der Waals surface area (Å²) in [5.41, 5.74) is 2.52. The summed E-state index contributed by atoms with van der Waals surface area (Å²) in [6.45, 7) is 5.13. The van der Waals surface area contributed by atoms with Crippen molar-refractivity contribution < 1.29 is 13.9 Å². The molecule has 0 aromatic heterocycles. The number of hydrogen-bond donors (Lipinski definition) is 1. The van der Waals surface area contributed by atoms with Crippen molar-refractivity contribution in [3.8, 4) is 5.75 Å². The second kappa shape index (κ2) is 9.48. The van der Waals surface area contributed by atoms with Gasteiger partial charge in [0.15, 0.2) is 11.6 Å². The van der Waals surface area contributed by atoms with Gasteiger partial charge in [0, 0.05) is 44.5 Å². The summed E-state index contributed by atoms with van der Waals surface area (Å²) in [5, 5.41) is 2.86. The van der Waals surface area contributed by atoms with Crippen LogP contribution in [0, 0.1) is 5.82 Å². The summed E-state index contributed by atoms with van der Waals surface area (Å²) in [7, 11) is 3.56. The number of halogens is 1. The van der Waals surface area contributed by atoms with Crippen LogP contribution in [0.25, 0.3) is 6.08 Å². The Hall–Kier alpha value is -2.70. The molecule has 6 heteroatoms. The van der Waals surface area contributed by atoms with Gasteiger partial charge in [-0.3, -0.25) is 9.69 Å². The monoisotopic (exact) mass is 383 g/mol. The number of anilines is 1. The van der Waals surface area contributed by atoms with Crippen molar-refractivity contribution in [2.24, 2.45) is 0 Å². The molecular weight excluding hydrogens is 357 g/mol. The number of methoxy groups -OCH3 is 1. The Kier molecular flexibility index (Phi) is 6.79. The van der Waals surface area contributed by atoms with Crippen LogP contribution in [-0.2, 0) is 11.3 Å². The molecule has 0 unspecified atom stereocenters. The number of likely N-dealkylation sites (N-methyl/N-ethyl adjacent to an activating group) is 1. The number of hydrogen-bond acceptors (Lipinski definition) is 4. The maximum Gasteiger partial charge on any atom is 0.248 e. The van der Waals surface area contributed by atoms with Gasteiger partial charge in [0.05, 0.1) is 7.11 Å². The van der Waals surface area contributed by atoms with Gasteiger partial charge in [-0.15, -0.1) is 0 Å². The molecule has 0 saturated carbocycles. The zero-order chi connectivity index (χ0) is 19.9. The summed E-state index contributed by atoms with van der Waals surface area (Å²) in [6.07, 6.45) is 2.97. The lowest BCUT2D eigenvalue weighted by atomic mass is 10.1. The molecule has 0 radical (unpaired) electrons. The van der Waals surface area contributed by atoms with Gasteiger partial charge < -0.3 is 15.0 Å². The number of nitrogens with zero attached hydrogens (tertiary/aromatic N) is 2. The minimum atomic E-state index is -0.457. The maximum absolute atomic E-state index is 13.7. The van der Waals surface area contributed by atoms with Crippen molar-refractivity contribution in [3.63, 3.8) is 0 Å². The second-order valence-electron chi connectivity index (χ2n) is 7.00. The molecule has 3 rings (SSSR count). The van der Waals surface area contributed by atoms with E-state index in [1.807, 2.05) is 18.2 Å². The molecule has 0 bridgehead atoms. The summed E-state index contributed by atoms with van der Waals surface area (Å²) in [6, 6.07) is 12.5. The molecule has 1 saturated heterocycles.